The minimum Gasteiger partial charge on any atom is -0.327 e. The number of benzene rings is 1. The molecule has 0 spiro atoms. The van der Waals surface area contributed by atoms with Crippen LogP contribution in [-0.4, -0.2) is 24.0 Å². The van der Waals surface area contributed by atoms with Crippen LogP contribution in [0.25, 0.3) is 0 Å². The molecule has 0 bridgehead atoms. The molecule has 0 aliphatic carbocycles. The van der Waals surface area contributed by atoms with Crippen LogP contribution in [0, 0.1) is 20.8 Å². The summed E-state index contributed by atoms with van der Waals surface area (Å²) in [6.07, 6.45) is 2.42. The van der Waals surface area contributed by atoms with Gasteiger partial charge in [0.15, 0.2) is 0 Å². The van der Waals surface area contributed by atoms with Crippen molar-refractivity contribution in [2.24, 2.45) is 5.73 Å². The number of rotatable bonds is 2. The Kier molecular flexibility index (Phi) is 5.64. The van der Waals surface area contributed by atoms with Crippen LogP contribution < -0.4 is 5.73 Å². The van der Waals surface area contributed by atoms with Gasteiger partial charge in [-0.1, -0.05) is 17.7 Å². The molecule has 0 amide bonds. The quantitative estimate of drug-likeness (QED) is 0.894. The summed E-state index contributed by atoms with van der Waals surface area (Å²) in [5, 5.41) is 0. The van der Waals surface area contributed by atoms with E-state index in [0.29, 0.717) is 6.04 Å². The molecule has 1 aliphatic heterocycles. The number of halogens is 1. The molecule has 18 heavy (non-hydrogen) atoms. The maximum Gasteiger partial charge on any atom is 0.0239 e. The number of likely N-dealkylation sites (tertiary alicyclic amines) is 1. The van der Waals surface area contributed by atoms with Crippen molar-refractivity contribution in [2.75, 3.05) is 13.1 Å². The number of hydrogen-bond acceptors (Lipinski definition) is 2. The molecule has 0 aromatic heterocycles. The maximum absolute atomic E-state index is 6.04. The molecule has 1 unspecified atom stereocenters. The fourth-order valence-electron chi connectivity index (χ4n) is 2.92. The van der Waals surface area contributed by atoms with Crippen LogP contribution in [0.2, 0.25) is 0 Å². The average Bonchev–Trinajstić information content (AvgIpc) is 2.23. The highest BCUT2D eigenvalue weighted by molar-refractivity contribution is 5.85. The second-order valence-electron chi connectivity index (χ2n) is 5.51. The van der Waals surface area contributed by atoms with Gasteiger partial charge in [0.25, 0.3) is 0 Å². The molecule has 1 heterocycles. The van der Waals surface area contributed by atoms with Crippen molar-refractivity contribution in [3.05, 3.63) is 34.4 Å². The summed E-state index contributed by atoms with van der Waals surface area (Å²) < 4.78 is 0. The van der Waals surface area contributed by atoms with E-state index in [1.165, 1.54) is 41.6 Å². The molecule has 2 nitrogen and oxygen atoms in total. The highest BCUT2D eigenvalue weighted by atomic mass is 35.5. The van der Waals surface area contributed by atoms with Gasteiger partial charge >= 0.3 is 0 Å². The van der Waals surface area contributed by atoms with E-state index in [0.717, 1.165) is 13.1 Å². The van der Waals surface area contributed by atoms with E-state index in [-0.39, 0.29) is 12.4 Å². The minimum atomic E-state index is 0. The number of aryl methyl sites for hydroxylation is 3. The van der Waals surface area contributed by atoms with Gasteiger partial charge in [0.2, 0.25) is 0 Å². The van der Waals surface area contributed by atoms with Crippen LogP contribution >= 0.6 is 12.4 Å². The normalized spacial score (nSPS) is 20.6. The van der Waals surface area contributed by atoms with Crippen molar-refractivity contribution < 1.29 is 0 Å². The van der Waals surface area contributed by atoms with Crippen molar-refractivity contribution >= 4 is 12.4 Å². The first-order valence-electron chi connectivity index (χ1n) is 6.61. The Morgan fingerprint density at radius 2 is 1.83 bits per heavy atom. The van der Waals surface area contributed by atoms with Crippen molar-refractivity contribution in [1.29, 1.82) is 0 Å². The van der Waals surface area contributed by atoms with Gasteiger partial charge in [-0.15, -0.1) is 12.4 Å². The van der Waals surface area contributed by atoms with E-state index in [1.54, 1.807) is 0 Å². The summed E-state index contributed by atoms with van der Waals surface area (Å²) >= 11 is 0. The fraction of sp³-hybridized carbons (Fsp3) is 0.600. The van der Waals surface area contributed by atoms with Gasteiger partial charge in [-0.05, 0) is 56.8 Å². The minimum absolute atomic E-state index is 0. The zero-order valence-corrected chi connectivity index (χ0v) is 12.5. The summed E-state index contributed by atoms with van der Waals surface area (Å²) in [7, 11) is 0. The van der Waals surface area contributed by atoms with E-state index in [1.807, 2.05) is 0 Å². The maximum atomic E-state index is 6.04. The summed E-state index contributed by atoms with van der Waals surface area (Å²) in [5.74, 6) is 0. The number of hydrogen-bond donors (Lipinski definition) is 1. The highest BCUT2D eigenvalue weighted by Crippen LogP contribution is 2.20. The molecule has 1 atom stereocenters. The van der Waals surface area contributed by atoms with Gasteiger partial charge in [0.1, 0.15) is 0 Å². The Bertz CT molecular complexity index is 380. The van der Waals surface area contributed by atoms with Crippen molar-refractivity contribution in [2.45, 2.75) is 46.2 Å². The molecular weight excluding hydrogens is 244 g/mol. The second kappa shape index (κ2) is 6.55. The Morgan fingerprint density at radius 3 is 2.39 bits per heavy atom. The molecule has 0 radical (unpaired) electrons. The molecule has 2 N–H and O–H groups in total. The fourth-order valence-corrected chi connectivity index (χ4v) is 2.92. The SMILES string of the molecule is Cc1cc(C)c(CN2CCCC(N)C2)c(C)c1.Cl. The number of nitrogens with zero attached hydrogens (tertiary/aromatic N) is 1. The topological polar surface area (TPSA) is 29.3 Å². The molecule has 1 aromatic carbocycles. The molecule has 1 aromatic rings. The molecular formula is C15H25ClN2. The van der Waals surface area contributed by atoms with Gasteiger partial charge in [-0.2, -0.15) is 0 Å². The molecule has 1 fully saturated rings. The first-order chi connectivity index (χ1) is 8.06. The molecule has 1 saturated heterocycles. The standard InChI is InChI=1S/C15H24N2.ClH/c1-11-7-12(2)15(13(3)8-11)10-17-6-4-5-14(16)9-17;/h7-8,14H,4-6,9-10,16H2,1-3H3;1H. The van der Waals surface area contributed by atoms with Crippen LogP contribution in [0.3, 0.4) is 0 Å². The van der Waals surface area contributed by atoms with Crippen LogP contribution in [0.4, 0.5) is 0 Å². The summed E-state index contributed by atoms with van der Waals surface area (Å²) in [6, 6.07) is 4.94. The third-order valence-electron chi connectivity index (χ3n) is 3.76. The lowest BCUT2D eigenvalue weighted by Crippen LogP contribution is -2.42. The third kappa shape index (κ3) is 3.71. The van der Waals surface area contributed by atoms with Gasteiger partial charge in [0, 0.05) is 19.1 Å². The Morgan fingerprint density at radius 1 is 1.22 bits per heavy atom. The summed E-state index contributed by atoms with van der Waals surface area (Å²) in [5.41, 5.74) is 11.7. The molecule has 2 rings (SSSR count). The first-order valence-corrected chi connectivity index (χ1v) is 6.61. The predicted octanol–water partition coefficient (Wildman–Crippen LogP) is 2.96. The van der Waals surface area contributed by atoms with Gasteiger partial charge < -0.3 is 5.73 Å². The van der Waals surface area contributed by atoms with Crippen LogP contribution in [0.1, 0.15) is 35.1 Å². The van der Waals surface area contributed by atoms with E-state index in [4.69, 9.17) is 5.73 Å². The predicted molar refractivity (Wildman–Crippen MR) is 80.4 cm³/mol. The first kappa shape index (κ1) is 15.5. The zero-order valence-electron chi connectivity index (χ0n) is 11.7. The lowest BCUT2D eigenvalue weighted by Gasteiger charge is -2.31. The van der Waals surface area contributed by atoms with Gasteiger partial charge in [-0.25, -0.2) is 0 Å². The molecule has 3 heteroatoms. The largest absolute Gasteiger partial charge is 0.327 e. The Hall–Kier alpha value is -0.570. The third-order valence-corrected chi connectivity index (χ3v) is 3.76. The van der Waals surface area contributed by atoms with Crippen molar-refractivity contribution in [1.82, 2.24) is 4.90 Å². The van der Waals surface area contributed by atoms with Gasteiger partial charge in [0.05, 0.1) is 0 Å². The highest BCUT2D eigenvalue weighted by Gasteiger charge is 2.17. The van der Waals surface area contributed by atoms with Crippen LogP contribution in [-0.2, 0) is 6.54 Å². The Labute approximate surface area is 117 Å². The number of nitrogens with two attached hydrogens (primary N) is 1. The van der Waals surface area contributed by atoms with Gasteiger partial charge in [-0.3, -0.25) is 4.90 Å². The van der Waals surface area contributed by atoms with Crippen molar-refractivity contribution in [3.63, 3.8) is 0 Å². The summed E-state index contributed by atoms with van der Waals surface area (Å²) in [4.78, 5) is 2.50. The van der Waals surface area contributed by atoms with E-state index in [9.17, 15) is 0 Å². The number of piperidine rings is 1. The average molecular weight is 269 g/mol. The molecule has 102 valence electrons. The van der Waals surface area contributed by atoms with Crippen LogP contribution in [0.15, 0.2) is 12.1 Å². The molecule has 0 saturated carbocycles. The summed E-state index contributed by atoms with van der Waals surface area (Å²) in [6.45, 7) is 9.91. The lowest BCUT2D eigenvalue weighted by molar-refractivity contribution is 0.201. The van der Waals surface area contributed by atoms with Crippen LogP contribution in [0.5, 0.6) is 0 Å². The molecule has 1 aliphatic rings. The second-order valence-corrected chi connectivity index (χ2v) is 5.51. The lowest BCUT2D eigenvalue weighted by atomic mass is 9.98. The van der Waals surface area contributed by atoms with E-state index < -0.39 is 0 Å². The zero-order chi connectivity index (χ0) is 12.4. The smallest absolute Gasteiger partial charge is 0.0239 e. The van der Waals surface area contributed by atoms with Crippen molar-refractivity contribution in [3.8, 4) is 0 Å². The van der Waals surface area contributed by atoms with E-state index >= 15 is 0 Å². The monoisotopic (exact) mass is 268 g/mol. The Balaban J connectivity index is 0.00000162. The van der Waals surface area contributed by atoms with E-state index in [2.05, 4.69) is 37.8 Å².